The molecule has 0 aromatic carbocycles. The first kappa shape index (κ1) is 12.7. The third-order valence-corrected chi connectivity index (χ3v) is 2.05. The molecule has 1 rings (SSSR count). The van der Waals surface area contributed by atoms with Gasteiger partial charge in [0.15, 0.2) is 0 Å². The minimum Gasteiger partial charge on any atom is -0.459 e. The zero-order valence-corrected chi connectivity index (χ0v) is 10.4. The summed E-state index contributed by atoms with van der Waals surface area (Å²) in [5.41, 5.74) is 6.77. The second-order valence-electron chi connectivity index (χ2n) is 4.85. The van der Waals surface area contributed by atoms with Gasteiger partial charge in [0.2, 0.25) is 0 Å². The second-order valence-corrected chi connectivity index (χ2v) is 4.85. The number of esters is 1. The molecule has 0 fully saturated rings. The fraction of sp³-hybridized carbons (Fsp3) is 0.636. The van der Waals surface area contributed by atoms with E-state index in [2.05, 4.69) is 5.10 Å². The Kier molecular flexibility index (Phi) is 3.38. The molecule has 0 aliphatic heterocycles. The second kappa shape index (κ2) is 4.25. The first-order chi connectivity index (χ1) is 7.20. The van der Waals surface area contributed by atoms with Crippen LogP contribution in [0.15, 0.2) is 6.20 Å². The fourth-order valence-corrected chi connectivity index (χ4v) is 1.42. The van der Waals surface area contributed by atoms with Crippen LogP contribution in [0.1, 0.15) is 38.1 Å². The van der Waals surface area contributed by atoms with Crippen LogP contribution in [0, 0.1) is 6.92 Å². The summed E-state index contributed by atoms with van der Waals surface area (Å²) in [5, 5.41) is 4.14. The third-order valence-electron chi connectivity index (χ3n) is 2.05. The minimum absolute atomic E-state index is 0.427. The van der Waals surface area contributed by atoms with Crippen molar-refractivity contribution < 1.29 is 9.53 Å². The van der Waals surface area contributed by atoms with E-state index in [-0.39, 0.29) is 0 Å². The van der Waals surface area contributed by atoms with Gasteiger partial charge < -0.3 is 10.5 Å². The summed E-state index contributed by atoms with van der Waals surface area (Å²) >= 11 is 0. The standard InChI is InChI=1S/C11H19N3O2/c1-7-8(6-14(5)13-7)9(12)10(15)16-11(2,3)4/h6,9H,12H2,1-5H3. The molecule has 0 spiro atoms. The molecular formula is C11H19N3O2. The maximum Gasteiger partial charge on any atom is 0.328 e. The van der Waals surface area contributed by atoms with Gasteiger partial charge in [-0.1, -0.05) is 0 Å². The number of ether oxygens (including phenoxy) is 1. The van der Waals surface area contributed by atoms with Crippen molar-refractivity contribution in [2.24, 2.45) is 12.8 Å². The number of aromatic nitrogens is 2. The zero-order chi connectivity index (χ0) is 12.5. The Labute approximate surface area is 95.6 Å². The summed E-state index contributed by atoms with van der Waals surface area (Å²) in [6.45, 7) is 7.26. The van der Waals surface area contributed by atoms with Gasteiger partial charge in [-0.2, -0.15) is 5.10 Å². The zero-order valence-electron chi connectivity index (χ0n) is 10.4. The monoisotopic (exact) mass is 225 g/mol. The molecule has 1 aromatic heterocycles. The first-order valence-corrected chi connectivity index (χ1v) is 5.19. The molecule has 1 unspecified atom stereocenters. The highest BCUT2D eigenvalue weighted by molar-refractivity contribution is 5.78. The average Bonchev–Trinajstić information content (AvgIpc) is 2.41. The lowest BCUT2D eigenvalue weighted by atomic mass is 10.1. The number of hydrogen-bond acceptors (Lipinski definition) is 4. The molecule has 16 heavy (non-hydrogen) atoms. The van der Waals surface area contributed by atoms with Gasteiger partial charge in [-0.15, -0.1) is 0 Å². The molecule has 0 radical (unpaired) electrons. The molecule has 0 saturated carbocycles. The van der Waals surface area contributed by atoms with Crippen LogP contribution in [-0.4, -0.2) is 21.4 Å². The van der Waals surface area contributed by atoms with Crippen LogP contribution in [0.25, 0.3) is 0 Å². The van der Waals surface area contributed by atoms with Gasteiger partial charge in [0, 0.05) is 18.8 Å². The van der Waals surface area contributed by atoms with Crippen molar-refractivity contribution in [1.82, 2.24) is 9.78 Å². The van der Waals surface area contributed by atoms with Crippen LogP contribution in [0.2, 0.25) is 0 Å². The first-order valence-electron chi connectivity index (χ1n) is 5.19. The van der Waals surface area contributed by atoms with E-state index in [0.717, 1.165) is 5.69 Å². The summed E-state index contributed by atoms with van der Waals surface area (Å²) in [4.78, 5) is 11.7. The molecule has 0 aliphatic carbocycles. The maximum absolute atomic E-state index is 11.7. The maximum atomic E-state index is 11.7. The van der Waals surface area contributed by atoms with Crippen molar-refractivity contribution in [3.8, 4) is 0 Å². The quantitative estimate of drug-likeness (QED) is 0.764. The summed E-state index contributed by atoms with van der Waals surface area (Å²) in [5.74, 6) is -0.427. The lowest BCUT2D eigenvalue weighted by molar-refractivity contribution is -0.156. The molecule has 1 heterocycles. The van der Waals surface area contributed by atoms with Crippen molar-refractivity contribution in [3.63, 3.8) is 0 Å². The number of carbonyl (C=O) groups excluding carboxylic acids is 1. The van der Waals surface area contributed by atoms with E-state index in [1.54, 1.807) is 17.9 Å². The highest BCUT2D eigenvalue weighted by Gasteiger charge is 2.25. The van der Waals surface area contributed by atoms with E-state index in [1.165, 1.54) is 0 Å². The van der Waals surface area contributed by atoms with E-state index >= 15 is 0 Å². The number of aryl methyl sites for hydroxylation is 2. The number of nitrogens with zero attached hydrogens (tertiary/aromatic N) is 2. The molecule has 0 bridgehead atoms. The summed E-state index contributed by atoms with van der Waals surface area (Å²) in [7, 11) is 1.79. The Hall–Kier alpha value is -1.36. The van der Waals surface area contributed by atoms with Crippen LogP contribution in [0.3, 0.4) is 0 Å². The largest absolute Gasteiger partial charge is 0.459 e. The van der Waals surface area contributed by atoms with Gasteiger partial charge >= 0.3 is 5.97 Å². The van der Waals surface area contributed by atoms with Gasteiger partial charge in [0.25, 0.3) is 0 Å². The van der Waals surface area contributed by atoms with Crippen molar-refractivity contribution in [2.45, 2.75) is 39.3 Å². The van der Waals surface area contributed by atoms with Crippen LogP contribution in [-0.2, 0) is 16.6 Å². The number of carbonyl (C=O) groups is 1. The number of rotatable bonds is 2. The van der Waals surface area contributed by atoms with Gasteiger partial charge in [0.1, 0.15) is 11.6 Å². The smallest absolute Gasteiger partial charge is 0.328 e. The van der Waals surface area contributed by atoms with Crippen LogP contribution >= 0.6 is 0 Å². The van der Waals surface area contributed by atoms with Gasteiger partial charge in [-0.25, -0.2) is 4.79 Å². The molecule has 1 atom stereocenters. The molecule has 90 valence electrons. The topological polar surface area (TPSA) is 70.1 Å². The Morgan fingerprint density at radius 3 is 2.50 bits per heavy atom. The summed E-state index contributed by atoms with van der Waals surface area (Å²) < 4.78 is 6.85. The molecule has 5 nitrogen and oxygen atoms in total. The molecule has 5 heteroatoms. The predicted octanol–water partition coefficient (Wildman–Crippen LogP) is 1.07. The van der Waals surface area contributed by atoms with E-state index in [0.29, 0.717) is 5.56 Å². The molecule has 0 amide bonds. The van der Waals surface area contributed by atoms with Gasteiger partial charge in [-0.05, 0) is 27.7 Å². The lowest BCUT2D eigenvalue weighted by Gasteiger charge is -2.21. The van der Waals surface area contributed by atoms with Crippen molar-refractivity contribution in [3.05, 3.63) is 17.5 Å². The van der Waals surface area contributed by atoms with E-state index in [1.807, 2.05) is 27.7 Å². The highest BCUT2D eigenvalue weighted by atomic mass is 16.6. The lowest BCUT2D eigenvalue weighted by Crippen LogP contribution is -2.31. The van der Waals surface area contributed by atoms with Gasteiger partial charge in [-0.3, -0.25) is 4.68 Å². The minimum atomic E-state index is -0.770. The summed E-state index contributed by atoms with van der Waals surface area (Å²) in [6, 6.07) is -0.770. The van der Waals surface area contributed by atoms with Crippen molar-refractivity contribution in [2.75, 3.05) is 0 Å². The molecule has 2 N–H and O–H groups in total. The van der Waals surface area contributed by atoms with Gasteiger partial charge in [0.05, 0.1) is 5.69 Å². The highest BCUT2D eigenvalue weighted by Crippen LogP contribution is 2.18. The van der Waals surface area contributed by atoms with Crippen LogP contribution < -0.4 is 5.73 Å². The molecule has 0 aliphatic rings. The summed E-state index contributed by atoms with van der Waals surface area (Å²) in [6.07, 6.45) is 1.74. The van der Waals surface area contributed by atoms with E-state index in [4.69, 9.17) is 10.5 Å². The SMILES string of the molecule is Cc1nn(C)cc1C(N)C(=O)OC(C)(C)C. The third kappa shape index (κ3) is 3.06. The normalized spacial score (nSPS) is 13.6. The Morgan fingerprint density at radius 2 is 2.12 bits per heavy atom. The van der Waals surface area contributed by atoms with Crippen molar-refractivity contribution >= 4 is 5.97 Å². The molecule has 0 saturated heterocycles. The van der Waals surface area contributed by atoms with Crippen molar-refractivity contribution in [1.29, 1.82) is 0 Å². The fourth-order valence-electron chi connectivity index (χ4n) is 1.42. The number of nitrogens with two attached hydrogens (primary N) is 1. The number of hydrogen-bond donors (Lipinski definition) is 1. The van der Waals surface area contributed by atoms with E-state index in [9.17, 15) is 4.79 Å². The van der Waals surface area contributed by atoms with Crippen LogP contribution in [0.5, 0.6) is 0 Å². The molecule has 1 aromatic rings. The van der Waals surface area contributed by atoms with E-state index < -0.39 is 17.6 Å². The Balaban J connectivity index is 2.82. The molecular weight excluding hydrogens is 206 g/mol. The Bertz CT molecular complexity index is 390. The predicted molar refractivity (Wildman–Crippen MR) is 60.7 cm³/mol. The van der Waals surface area contributed by atoms with Crippen LogP contribution in [0.4, 0.5) is 0 Å². The average molecular weight is 225 g/mol. The Morgan fingerprint density at radius 1 is 1.56 bits per heavy atom.